The Hall–Kier alpha value is -1.19. The second kappa shape index (κ2) is 2.94. The van der Waals surface area contributed by atoms with E-state index < -0.39 is 18.0 Å². The quantitative estimate of drug-likeness (QED) is 0.633. The van der Waals surface area contributed by atoms with E-state index >= 15 is 0 Å². The fourth-order valence-corrected chi connectivity index (χ4v) is 1.49. The van der Waals surface area contributed by atoms with E-state index in [4.69, 9.17) is 0 Å². The summed E-state index contributed by atoms with van der Waals surface area (Å²) in [5.74, 6) is -0.478. The Kier molecular flexibility index (Phi) is 1.90. The van der Waals surface area contributed by atoms with Gasteiger partial charge in [0.25, 0.3) is 0 Å². The van der Waals surface area contributed by atoms with Crippen molar-refractivity contribution < 1.29 is 14.6 Å². The van der Waals surface area contributed by atoms with Crippen molar-refractivity contribution in [3.05, 3.63) is 41.5 Å². The van der Waals surface area contributed by atoms with Crippen LogP contribution in [0.4, 0.5) is 4.39 Å². The number of halogens is 1. The van der Waals surface area contributed by atoms with Crippen molar-refractivity contribution in [1.82, 2.24) is 0 Å². The van der Waals surface area contributed by atoms with Crippen molar-refractivity contribution >= 4 is 5.83 Å². The SMILES string of the molecule is O[C@@H]1C=C(F)c2ccccc2[C@H]1O. The molecule has 1 aliphatic rings. The molecule has 0 spiro atoms. The van der Waals surface area contributed by atoms with Gasteiger partial charge in [0.1, 0.15) is 18.0 Å². The molecule has 0 bridgehead atoms. The number of aliphatic hydroxyl groups excluding tert-OH is 2. The van der Waals surface area contributed by atoms with Crippen molar-refractivity contribution in [2.45, 2.75) is 12.2 Å². The molecule has 0 amide bonds. The summed E-state index contributed by atoms with van der Waals surface area (Å²) in [5.41, 5.74) is 0.801. The molecule has 0 saturated carbocycles. The highest BCUT2D eigenvalue weighted by Crippen LogP contribution is 2.33. The highest BCUT2D eigenvalue weighted by Gasteiger charge is 2.26. The van der Waals surface area contributed by atoms with Crippen molar-refractivity contribution in [2.75, 3.05) is 0 Å². The lowest BCUT2D eigenvalue weighted by molar-refractivity contribution is 0.0458. The molecule has 1 aliphatic carbocycles. The van der Waals surface area contributed by atoms with Gasteiger partial charge in [-0.1, -0.05) is 24.3 Å². The van der Waals surface area contributed by atoms with E-state index in [0.717, 1.165) is 6.08 Å². The van der Waals surface area contributed by atoms with E-state index in [-0.39, 0.29) is 0 Å². The molecule has 13 heavy (non-hydrogen) atoms. The summed E-state index contributed by atoms with van der Waals surface area (Å²) < 4.78 is 13.2. The predicted molar refractivity (Wildman–Crippen MR) is 46.5 cm³/mol. The Bertz CT molecular complexity index is 360. The summed E-state index contributed by atoms with van der Waals surface area (Å²) in [4.78, 5) is 0. The van der Waals surface area contributed by atoms with E-state index in [1.54, 1.807) is 24.3 Å². The molecule has 0 aliphatic heterocycles. The number of benzene rings is 1. The predicted octanol–water partition coefficient (Wildman–Crippen LogP) is 1.40. The molecule has 2 rings (SSSR count). The average molecular weight is 180 g/mol. The third kappa shape index (κ3) is 1.26. The van der Waals surface area contributed by atoms with Crippen LogP contribution in [0.3, 0.4) is 0 Å². The molecular formula is C10H9FO2. The minimum atomic E-state index is -1.14. The van der Waals surface area contributed by atoms with Crippen molar-refractivity contribution in [3.63, 3.8) is 0 Å². The van der Waals surface area contributed by atoms with Gasteiger partial charge < -0.3 is 10.2 Å². The van der Waals surface area contributed by atoms with Crippen LogP contribution in [0.5, 0.6) is 0 Å². The summed E-state index contributed by atoms with van der Waals surface area (Å²) in [7, 11) is 0. The summed E-state index contributed by atoms with van der Waals surface area (Å²) in [6.45, 7) is 0. The molecule has 2 nitrogen and oxygen atoms in total. The maximum atomic E-state index is 13.2. The van der Waals surface area contributed by atoms with Crippen molar-refractivity contribution in [3.8, 4) is 0 Å². The average Bonchev–Trinajstić information content (AvgIpc) is 2.15. The summed E-state index contributed by atoms with van der Waals surface area (Å²) in [5, 5.41) is 18.7. The standard InChI is InChI=1S/C10H9FO2/c11-8-5-9(12)10(13)7-4-2-1-3-6(7)8/h1-5,9-10,12-13H/t9-,10-/m1/s1. The Morgan fingerprint density at radius 2 is 1.85 bits per heavy atom. The maximum Gasteiger partial charge on any atom is 0.129 e. The molecule has 3 heteroatoms. The van der Waals surface area contributed by atoms with Gasteiger partial charge in [-0.2, -0.15) is 0 Å². The van der Waals surface area contributed by atoms with E-state index in [9.17, 15) is 14.6 Å². The molecule has 1 aromatic rings. The minimum absolute atomic E-state index is 0.361. The van der Waals surface area contributed by atoms with Crippen LogP contribution in [0.2, 0.25) is 0 Å². The van der Waals surface area contributed by atoms with Crippen LogP contribution in [-0.4, -0.2) is 16.3 Å². The van der Waals surface area contributed by atoms with Crippen LogP contribution in [-0.2, 0) is 0 Å². The number of hydrogen-bond acceptors (Lipinski definition) is 2. The van der Waals surface area contributed by atoms with Crippen molar-refractivity contribution in [2.24, 2.45) is 0 Å². The van der Waals surface area contributed by atoms with Crippen LogP contribution in [0.25, 0.3) is 5.83 Å². The highest BCUT2D eigenvalue weighted by molar-refractivity contribution is 5.65. The molecule has 1 aromatic carbocycles. The zero-order valence-corrected chi connectivity index (χ0v) is 6.81. The number of rotatable bonds is 0. The lowest BCUT2D eigenvalue weighted by Gasteiger charge is -2.22. The molecule has 0 heterocycles. The van der Waals surface area contributed by atoms with Gasteiger partial charge >= 0.3 is 0 Å². The lowest BCUT2D eigenvalue weighted by Crippen LogP contribution is -2.20. The van der Waals surface area contributed by atoms with Gasteiger partial charge in [-0.3, -0.25) is 0 Å². The second-order valence-corrected chi connectivity index (χ2v) is 3.04. The summed E-state index contributed by atoms with van der Waals surface area (Å²) in [6.07, 6.45) is -1.14. The van der Waals surface area contributed by atoms with E-state index in [2.05, 4.69) is 0 Å². The Morgan fingerprint density at radius 1 is 1.15 bits per heavy atom. The number of hydrogen-bond donors (Lipinski definition) is 2. The normalized spacial score (nSPS) is 26.5. The third-order valence-electron chi connectivity index (χ3n) is 2.18. The first kappa shape index (κ1) is 8.41. The monoisotopic (exact) mass is 180 g/mol. The van der Waals surface area contributed by atoms with Gasteiger partial charge in [-0.05, 0) is 11.6 Å². The maximum absolute atomic E-state index is 13.2. The molecule has 2 atom stereocenters. The molecule has 0 saturated heterocycles. The van der Waals surface area contributed by atoms with Gasteiger partial charge in [0.15, 0.2) is 0 Å². The topological polar surface area (TPSA) is 40.5 Å². The van der Waals surface area contributed by atoms with Crippen LogP contribution in [0.15, 0.2) is 30.3 Å². The van der Waals surface area contributed by atoms with Gasteiger partial charge in [-0.15, -0.1) is 0 Å². The van der Waals surface area contributed by atoms with E-state index in [1.807, 2.05) is 0 Å². The molecule has 0 aromatic heterocycles. The van der Waals surface area contributed by atoms with Crippen LogP contribution >= 0.6 is 0 Å². The molecule has 0 radical (unpaired) electrons. The summed E-state index contributed by atoms with van der Waals surface area (Å²) in [6, 6.07) is 6.58. The van der Waals surface area contributed by atoms with Crippen LogP contribution in [0, 0.1) is 0 Å². The first-order valence-corrected chi connectivity index (χ1v) is 4.03. The largest absolute Gasteiger partial charge is 0.386 e. The Morgan fingerprint density at radius 3 is 2.62 bits per heavy atom. The lowest BCUT2D eigenvalue weighted by atomic mass is 9.92. The third-order valence-corrected chi connectivity index (χ3v) is 2.18. The molecule has 2 N–H and O–H groups in total. The smallest absolute Gasteiger partial charge is 0.129 e. The zero-order valence-electron chi connectivity index (χ0n) is 6.81. The van der Waals surface area contributed by atoms with E-state index in [0.29, 0.717) is 11.1 Å². The fraction of sp³-hybridized carbons (Fsp3) is 0.200. The molecule has 0 fully saturated rings. The van der Waals surface area contributed by atoms with Crippen LogP contribution < -0.4 is 0 Å². The van der Waals surface area contributed by atoms with Gasteiger partial charge in [0.05, 0.1) is 0 Å². The van der Waals surface area contributed by atoms with Gasteiger partial charge in [-0.25, -0.2) is 4.39 Å². The van der Waals surface area contributed by atoms with Gasteiger partial charge in [0.2, 0.25) is 0 Å². The number of fused-ring (bicyclic) bond motifs is 1. The highest BCUT2D eigenvalue weighted by atomic mass is 19.1. The minimum Gasteiger partial charge on any atom is -0.386 e. The van der Waals surface area contributed by atoms with Gasteiger partial charge in [0, 0.05) is 5.56 Å². The van der Waals surface area contributed by atoms with Crippen molar-refractivity contribution in [1.29, 1.82) is 0 Å². The molecule has 68 valence electrons. The molecular weight excluding hydrogens is 171 g/mol. The molecule has 0 unspecified atom stereocenters. The fourth-order valence-electron chi connectivity index (χ4n) is 1.49. The van der Waals surface area contributed by atoms with E-state index in [1.165, 1.54) is 0 Å². The first-order valence-electron chi connectivity index (χ1n) is 4.03. The second-order valence-electron chi connectivity index (χ2n) is 3.04. The Balaban J connectivity index is 2.58. The first-order chi connectivity index (χ1) is 6.20. The summed E-state index contributed by atoms with van der Waals surface area (Å²) >= 11 is 0. The zero-order chi connectivity index (χ0) is 9.42. The number of aliphatic hydroxyl groups is 2. The Labute approximate surface area is 74.9 Å². The van der Waals surface area contributed by atoms with Crippen LogP contribution in [0.1, 0.15) is 17.2 Å².